The summed E-state index contributed by atoms with van der Waals surface area (Å²) in [6, 6.07) is 9.63. The Balaban J connectivity index is 1.86. The molecule has 5 nitrogen and oxygen atoms in total. The van der Waals surface area contributed by atoms with Crippen LogP contribution in [-0.4, -0.2) is 22.6 Å². The van der Waals surface area contributed by atoms with Gasteiger partial charge in [-0.3, -0.25) is 4.79 Å². The number of nitrogens with zero attached hydrogens (tertiary/aromatic N) is 2. The fourth-order valence-corrected chi connectivity index (χ4v) is 1.89. The number of rotatable bonds is 2. The lowest BCUT2D eigenvalue weighted by Gasteiger charge is -1.97. The van der Waals surface area contributed by atoms with Crippen LogP contribution in [0, 0.1) is 0 Å². The molecule has 1 amide bonds. The molecule has 17 heavy (non-hydrogen) atoms. The molecular weight excluding hydrogens is 218 g/mol. The number of carbonyl (C=O) groups excluding carboxylic acids is 1. The quantitative estimate of drug-likeness (QED) is 0.843. The molecule has 1 aliphatic heterocycles. The van der Waals surface area contributed by atoms with Crippen LogP contribution >= 0.6 is 0 Å². The van der Waals surface area contributed by atoms with Gasteiger partial charge in [-0.25, -0.2) is 0 Å². The third kappa shape index (κ3) is 1.91. The fraction of sp³-hybridized carbons (Fsp3) is 0.250. The molecule has 1 N–H and O–H groups in total. The number of carbonyl (C=O) groups is 1. The first-order valence-corrected chi connectivity index (χ1v) is 5.48. The van der Waals surface area contributed by atoms with Crippen molar-refractivity contribution >= 4 is 5.91 Å². The number of hydrogen-bond acceptors (Lipinski definition) is 4. The minimum Gasteiger partial charge on any atom is -0.355 e. The molecule has 0 bridgehead atoms. The van der Waals surface area contributed by atoms with Gasteiger partial charge in [0.25, 0.3) is 0 Å². The first-order chi connectivity index (χ1) is 8.33. The summed E-state index contributed by atoms with van der Waals surface area (Å²) in [4.78, 5) is 15.4. The van der Waals surface area contributed by atoms with Gasteiger partial charge >= 0.3 is 0 Å². The molecule has 1 saturated heterocycles. The van der Waals surface area contributed by atoms with Crippen LogP contribution in [0.3, 0.4) is 0 Å². The molecule has 0 saturated carbocycles. The van der Waals surface area contributed by atoms with Crippen LogP contribution in [0.4, 0.5) is 0 Å². The van der Waals surface area contributed by atoms with Gasteiger partial charge in [0.15, 0.2) is 0 Å². The fourth-order valence-electron chi connectivity index (χ4n) is 1.89. The van der Waals surface area contributed by atoms with E-state index in [0.717, 1.165) is 5.56 Å². The molecule has 5 heteroatoms. The van der Waals surface area contributed by atoms with Crippen molar-refractivity contribution in [1.82, 2.24) is 15.5 Å². The molecule has 3 rings (SSSR count). The monoisotopic (exact) mass is 229 g/mol. The van der Waals surface area contributed by atoms with E-state index in [-0.39, 0.29) is 11.8 Å². The maximum absolute atomic E-state index is 11.1. The molecule has 1 aromatic heterocycles. The lowest BCUT2D eigenvalue weighted by molar-refractivity contribution is -0.119. The van der Waals surface area contributed by atoms with Crippen LogP contribution in [0.15, 0.2) is 34.9 Å². The third-order valence-corrected chi connectivity index (χ3v) is 2.80. The summed E-state index contributed by atoms with van der Waals surface area (Å²) in [6.07, 6.45) is 0.427. The second-order valence-electron chi connectivity index (χ2n) is 4.03. The summed E-state index contributed by atoms with van der Waals surface area (Å²) in [7, 11) is 0. The van der Waals surface area contributed by atoms with E-state index < -0.39 is 0 Å². The van der Waals surface area contributed by atoms with Gasteiger partial charge in [0, 0.05) is 18.5 Å². The molecule has 1 atom stereocenters. The topological polar surface area (TPSA) is 68.0 Å². The van der Waals surface area contributed by atoms with Gasteiger partial charge in [0.1, 0.15) is 0 Å². The molecule has 86 valence electrons. The van der Waals surface area contributed by atoms with Crippen molar-refractivity contribution in [1.29, 1.82) is 0 Å². The third-order valence-electron chi connectivity index (χ3n) is 2.80. The Labute approximate surface area is 97.8 Å². The van der Waals surface area contributed by atoms with Crippen LogP contribution in [0.5, 0.6) is 0 Å². The highest BCUT2D eigenvalue weighted by atomic mass is 16.5. The van der Waals surface area contributed by atoms with Crippen molar-refractivity contribution in [2.75, 3.05) is 6.54 Å². The number of benzene rings is 1. The largest absolute Gasteiger partial charge is 0.355 e. The Morgan fingerprint density at radius 3 is 2.82 bits per heavy atom. The van der Waals surface area contributed by atoms with E-state index in [1.807, 2.05) is 30.3 Å². The Morgan fingerprint density at radius 1 is 1.29 bits per heavy atom. The van der Waals surface area contributed by atoms with Crippen molar-refractivity contribution in [3.8, 4) is 11.4 Å². The van der Waals surface area contributed by atoms with Gasteiger partial charge in [0.05, 0.1) is 5.92 Å². The van der Waals surface area contributed by atoms with E-state index in [1.165, 1.54) is 0 Å². The summed E-state index contributed by atoms with van der Waals surface area (Å²) < 4.78 is 5.20. The van der Waals surface area contributed by atoms with Gasteiger partial charge in [-0.15, -0.1) is 0 Å². The van der Waals surface area contributed by atoms with Gasteiger partial charge in [0.2, 0.25) is 17.6 Å². The number of aromatic nitrogens is 2. The summed E-state index contributed by atoms with van der Waals surface area (Å²) in [6.45, 7) is 0.579. The maximum Gasteiger partial charge on any atom is 0.232 e. The Morgan fingerprint density at radius 2 is 2.12 bits per heavy atom. The average Bonchev–Trinajstić information content (AvgIpc) is 2.98. The lowest BCUT2D eigenvalue weighted by Crippen LogP contribution is -2.13. The zero-order valence-electron chi connectivity index (χ0n) is 9.09. The highest BCUT2D eigenvalue weighted by molar-refractivity contribution is 5.79. The maximum atomic E-state index is 11.1. The summed E-state index contributed by atoms with van der Waals surface area (Å²) in [5.41, 5.74) is 0.916. The van der Waals surface area contributed by atoms with Crippen molar-refractivity contribution in [2.45, 2.75) is 12.3 Å². The van der Waals surface area contributed by atoms with E-state index in [9.17, 15) is 4.79 Å². The SMILES string of the molecule is O=C1CC(c2nc(-c3ccccc3)no2)CN1. The lowest BCUT2D eigenvalue weighted by atomic mass is 10.1. The van der Waals surface area contributed by atoms with Crippen LogP contribution in [0.2, 0.25) is 0 Å². The van der Waals surface area contributed by atoms with E-state index in [1.54, 1.807) is 0 Å². The molecule has 1 aliphatic rings. The Hall–Kier alpha value is -2.17. The van der Waals surface area contributed by atoms with Crippen molar-refractivity contribution in [3.05, 3.63) is 36.2 Å². The average molecular weight is 229 g/mol. The second-order valence-corrected chi connectivity index (χ2v) is 4.03. The number of amides is 1. The van der Waals surface area contributed by atoms with Crippen molar-refractivity contribution < 1.29 is 9.32 Å². The minimum atomic E-state index is 0.00691. The van der Waals surface area contributed by atoms with Gasteiger partial charge in [-0.2, -0.15) is 4.98 Å². The van der Waals surface area contributed by atoms with Crippen LogP contribution in [0.1, 0.15) is 18.2 Å². The Bertz CT molecular complexity index is 536. The number of nitrogens with one attached hydrogen (secondary N) is 1. The highest BCUT2D eigenvalue weighted by Crippen LogP contribution is 2.24. The van der Waals surface area contributed by atoms with Crippen LogP contribution in [0.25, 0.3) is 11.4 Å². The van der Waals surface area contributed by atoms with Gasteiger partial charge < -0.3 is 9.84 Å². The van der Waals surface area contributed by atoms with Crippen LogP contribution < -0.4 is 5.32 Å². The van der Waals surface area contributed by atoms with Gasteiger partial charge in [-0.05, 0) is 0 Å². The molecular formula is C12H11N3O2. The van der Waals surface area contributed by atoms with Crippen LogP contribution in [-0.2, 0) is 4.79 Å². The predicted octanol–water partition coefficient (Wildman–Crippen LogP) is 1.34. The molecule has 2 aromatic rings. The molecule has 0 aliphatic carbocycles. The van der Waals surface area contributed by atoms with E-state index in [0.29, 0.717) is 24.7 Å². The van der Waals surface area contributed by atoms with Crippen molar-refractivity contribution in [3.63, 3.8) is 0 Å². The zero-order valence-corrected chi connectivity index (χ0v) is 9.09. The molecule has 1 unspecified atom stereocenters. The van der Waals surface area contributed by atoms with E-state index in [4.69, 9.17) is 4.52 Å². The summed E-state index contributed by atoms with van der Waals surface area (Å²) in [5.74, 6) is 1.14. The molecule has 1 fully saturated rings. The van der Waals surface area contributed by atoms with E-state index in [2.05, 4.69) is 15.5 Å². The first kappa shape index (κ1) is 10.0. The van der Waals surface area contributed by atoms with E-state index >= 15 is 0 Å². The minimum absolute atomic E-state index is 0.00691. The smallest absolute Gasteiger partial charge is 0.232 e. The standard InChI is InChI=1S/C12H11N3O2/c16-10-6-9(7-13-10)12-14-11(15-17-12)8-4-2-1-3-5-8/h1-5,9H,6-7H2,(H,13,16). The molecule has 2 heterocycles. The molecule has 0 radical (unpaired) electrons. The summed E-state index contributed by atoms with van der Waals surface area (Å²) >= 11 is 0. The number of hydrogen-bond donors (Lipinski definition) is 1. The normalized spacial score (nSPS) is 19.3. The summed E-state index contributed by atoms with van der Waals surface area (Å²) in [5, 5.41) is 6.68. The van der Waals surface area contributed by atoms with Crippen molar-refractivity contribution in [2.24, 2.45) is 0 Å². The Kier molecular flexibility index (Phi) is 2.36. The molecule has 1 aromatic carbocycles. The first-order valence-electron chi connectivity index (χ1n) is 5.48. The highest BCUT2D eigenvalue weighted by Gasteiger charge is 2.28. The molecule has 0 spiro atoms. The van der Waals surface area contributed by atoms with Gasteiger partial charge in [-0.1, -0.05) is 35.5 Å². The second kappa shape index (κ2) is 4.01. The predicted molar refractivity (Wildman–Crippen MR) is 60.1 cm³/mol. The zero-order chi connectivity index (χ0) is 11.7.